The molecule has 0 aliphatic heterocycles. The van der Waals surface area contributed by atoms with Gasteiger partial charge in [-0.25, -0.2) is 0 Å². The second-order valence-electron chi connectivity index (χ2n) is 5.04. The van der Waals surface area contributed by atoms with Gasteiger partial charge in [-0.05, 0) is 51.7 Å². The van der Waals surface area contributed by atoms with E-state index in [1.165, 1.54) is 5.56 Å². The molecule has 0 heterocycles. The maximum absolute atomic E-state index is 5.79. The van der Waals surface area contributed by atoms with Crippen LogP contribution in [0.4, 0.5) is 0 Å². The first-order valence-corrected chi connectivity index (χ1v) is 7.41. The minimum Gasteiger partial charge on any atom is -0.490 e. The van der Waals surface area contributed by atoms with Crippen molar-refractivity contribution in [3.63, 3.8) is 0 Å². The van der Waals surface area contributed by atoms with Crippen LogP contribution in [0.3, 0.4) is 0 Å². The Kier molecular flexibility index (Phi) is 8.07. The Morgan fingerprint density at radius 1 is 1.10 bits per heavy atom. The molecule has 4 nitrogen and oxygen atoms in total. The molecule has 1 N–H and O–H groups in total. The molecule has 20 heavy (non-hydrogen) atoms. The van der Waals surface area contributed by atoms with Crippen molar-refractivity contribution in [3.05, 3.63) is 23.8 Å². The highest BCUT2D eigenvalue weighted by Gasteiger charge is 2.06. The van der Waals surface area contributed by atoms with Gasteiger partial charge in [0.2, 0.25) is 0 Å². The predicted molar refractivity (Wildman–Crippen MR) is 83.7 cm³/mol. The highest BCUT2D eigenvalue weighted by molar-refractivity contribution is 5.43. The standard InChI is InChI=1S/C16H28N2O2/c1-5-9-17-13-14-7-8-15(16(12-14)19-6-2)20-11-10-18(3)4/h7-8,12,17H,5-6,9-11,13H2,1-4H3. The number of ether oxygens (including phenoxy) is 2. The average molecular weight is 280 g/mol. The van der Waals surface area contributed by atoms with E-state index in [1.807, 2.05) is 27.1 Å². The van der Waals surface area contributed by atoms with Gasteiger partial charge in [-0.2, -0.15) is 0 Å². The maximum Gasteiger partial charge on any atom is 0.161 e. The quantitative estimate of drug-likeness (QED) is 0.668. The fraction of sp³-hybridized carbons (Fsp3) is 0.625. The lowest BCUT2D eigenvalue weighted by molar-refractivity contribution is 0.244. The number of rotatable bonds is 10. The van der Waals surface area contributed by atoms with E-state index in [2.05, 4.69) is 29.3 Å². The molecule has 0 aliphatic rings. The molecule has 0 amide bonds. The molecule has 1 aromatic carbocycles. The minimum atomic E-state index is 0.649. The van der Waals surface area contributed by atoms with Crippen LogP contribution < -0.4 is 14.8 Å². The Balaban J connectivity index is 2.63. The minimum absolute atomic E-state index is 0.649. The van der Waals surface area contributed by atoms with Crippen molar-refractivity contribution in [2.75, 3.05) is 40.4 Å². The first-order chi connectivity index (χ1) is 9.67. The molecule has 0 saturated carbocycles. The second-order valence-corrected chi connectivity index (χ2v) is 5.04. The van der Waals surface area contributed by atoms with E-state index >= 15 is 0 Å². The van der Waals surface area contributed by atoms with E-state index in [0.717, 1.165) is 37.6 Å². The predicted octanol–water partition coefficient (Wildman–Crippen LogP) is 2.53. The monoisotopic (exact) mass is 280 g/mol. The average Bonchev–Trinajstić information content (AvgIpc) is 2.41. The summed E-state index contributed by atoms with van der Waals surface area (Å²) < 4.78 is 11.5. The molecular formula is C16H28N2O2. The summed E-state index contributed by atoms with van der Waals surface area (Å²) >= 11 is 0. The topological polar surface area (TPSA) is 33.7 Å². The molecule has 0 aromatic heterocycles. The number of nitrogens with one attached hydrogen (secondary N) is 1. The van der Waals surface area contributed by atoms with Crippen molar-refractivity contribution in [1.29, 1.82) is 0 Å². The molecule has 4 heteroatoms. The number of hydrogen-bond donors (Lipinski definition) is 1. The van der Waals surface area contributed by atoms with Gasteiger partial charge in [0, 0.05) is 13.1 Å². The van der Waals surface area contributed by atoms with Gasteiger partial charge in [0.1, 0.15) is 6.61 Å². The SMILES string of the molecule is CCCNCc1ccc(OCCN(C)C)c(OCC)c1. The van der Waals surface area contributed by atoms with E-state index in [9.17, 15) is 0 Å². The third-order valence-electron chi connectivity index (χ3n) is 2.86. The van der Waals surface area contributed by atoms with E-state index in [4.69, 9.17) is 9.47 Å². The maximum atomic E-state index is 5.79. The summed E-state index contributed by atoms with van der Waals surface area (Å²) in [6.45, 7) is 8.27. The van der Waals surface area contributed by atoms with Gasteiger partial charge in [-0.15, -0.1) is 0 Å². The van der Waals surface area contributed by atoms with Gasteiger partial charge in [0.25, 0.3) is 0 Å². The van der Waals surface area contributed by atoms with Gasteiger partial charge >= 0.3 is 0 Å². The summed E-state index contributed by atoms with van der Waals surface area (Å²) in [5.74, 6) is 1.66. The molecule has 0 bridgehead atoms. The number of benzene rings is 1. The lowest BCUT2D eigenvalue weighted by Crippen LogP contribution is -2.19. The molecular weight excluding hydrogens is 252 g/mol. The van der Waals surface area contributed by atoms with Crippen molar-refractivity contribution in [2.45, 2.75) is 26.8 Å². The highest BCUT2D eigenvalue weighted by atomic mass is 16.5. The van der Waals surface area contributed by atoms with Crippen molar-refractivity contribution in [1.82, 2.24) is 10.2 Å². The first-order valence-electron chi connectivity index (χ1n) is 7.41. The van der Waals surface area contributed by atoms with Crippen LogP contribution in [-0.4, -0.2) is 45.3 Å². The van der Waals surface area contributed by atoms with Gasteiger partial charge in [-0.1, -0.05) is 13.0 Å². The molecule has 0 aliphatic carbocycles. The number of hydrogen-bond acceptors (Lipinski definition) is 4. The molecule has 0 unspecified atom stereocenters. The zero-order valence-electron chi connectivity index (χ0n) is 13.2. The van der Waals surface area contributed by atoms with Gasteiger partial charge in [0.15, 0.2) is 11.5 Å². The summed E-state index contributed by atoms with van der Waals surface area (Å²) in [6.07, 6.45) is 1.14. The van der Waals surface area contributed by atoms with Crippen molar-refractivity contribution >= 4 is 0 Å². The third-order valence-corrected chi connectivity index (χ3v) is 2.86. The van der Waals surface area contributed by atoms with Crippen molar-refractivity contribution in [3.8, 4) is 11.5 Å². The van der Waals surface area contributed by atoms with Gasteiger partial charge in [-0.3, -0.25) is 0 Å². The fourth-order valence-corrected chi connectivity index (χ4v) is 1.80. The number of likely N-dealkylation sites (N-methyl/N-ethyl adjacent to an activating group) is 1. The lowest BCUT2D eigenvalue weighted by atomic mass is 10.2. The second kappa shape index (κ2) is 9.61. The van der Waals surface area contributed by atoms with Crippen molar-refractivity contribution < 1.29 is 9.47 Å². The summed E-state index contributed by atoms with van der Waals surface area (Å²) in [5.41, 5.74) is 1.22. The van der Waals surface area contributed by atoms with Crippen LogP contribution in [0.2, 0.25) is 0 Å². The van der Waals surface area contributed by atoms with Crippen LogP contribution in [-0.2, 0) is 6.54 Å². The summed E-state index contributed by atoms with van der Waals surface area (Å²) in [5, 5.41) is 3.40. The summed E-state index contributed by atoms with van der Waals surface area (Å²) in [4.78, 5) is 2.10. The van der Waals surface area contributed by atoms with E-state index in [-0.39, 0.29) is 0 Å². The Hall–Kier alpha value is -1.26. The van der Waals surface area contributed by atoms with E-state index < -0.39 is 0 Å². The fourth-order valence-electron chi connectivity index (χ4n) is 1.80. The Morgan fingerprint density at radius 3 is 2.55 bits per heavy atom. The highest BCUT2D eigenvalue weighted by Crippen LogP contribution is 2.28. The lowest BCUT2D eigenvalue weighted by Gasteiger charge is -2.15. The van der Waals surface area contributed by atoms with E-state index in [0.29, 0.717) is 13.2 Å². The molecule has 1 aromatic rings. The Labute approximate surface area is 123 Å². The van der Waals surface area contributed by atoms with Crippen LogP contribution in [0.1, 0.15) is 25.8 Å². The van der Waals surface area contributed by atoms with Crippen LogP contribution in [0.5, 0.6) is 11.5 Å². The Bertz CT molecular complexity index is 381. The van der Waals surface area contributed by atoms with Gasteiger partial charge < -0.3 is 19.7 Å². The largest absolute Gasteiger partial charge is 0.490 e. The molecule has 0 spiro atoms. The summed E-state index contributed by atoms with van der Waals surface area (Å²) in [6, 6.07) is 6.16. The molecule has 1 rings (SSSR count). The first kappa shape index (κ1) is 16.8. The van der Waals surface area contributed by atoms with Gasteiger partial charge in [0.05, 0.1) is 6.61 Å². The van der Waals surface area contributed by atoms with Crippen LogP contribution >= 0.6 is 0 Å². The molecule has 0 atom stereocenters. The van der Waals surface area contributed by atoms with Crippen LogP contribution in [0.15, 0.2) is 18.2 Å². The van der Waals surface area contributed by atoms with E-state index in [1.54, 1.807) is 0 Å². The molecule has 114 valence electrons. The zero-order valence-corrected chi connectivity index (χ0v) is 13.2. The van der Waals surface area contributed by atoms with Crippen LogP contribution in [0.25, 0.3) is 0 Å². The molecule has 0 radical (unpaired) electrons. The zero-order chi connectivity index (χ0) is 14.8. The third kappa shape index (κ3) is 6.26. The normalized spacial score (nSPS) is 10.8. The van der Waals surface area contributed by atoms with Crippen molar-refractivity contribution in [2.24, 2.45) is 0 Å². The molecule has 0 fully saturated rings. The van der Waals surface area contributed by atoms with Crippen LogP contribution in [0, 0.1) is 0 Å². The molecule has 0 saturated heterocycles. The number of nitrogens with zero attached hydrogens (tertiary/aromatic N) is 1. The smallest absolute Gasteiger partial charge is 0.161 e. The Morgan fingerprint density at radius 2 is 1.90 bits per heavy atom. The summed E-state index contributed by atoms with van der Waals surface area (Å²) in [7, 11) is 4.07.